The zero-order valence-electron chi connectivity index (χ0n) is 11.4. The highest BCUT2D eigenvalue weighted by atomic mass is 32.2. The number of carbonyl (C=O) groups is 2. The average Bonchev–Trinajstić information content (AvgIpc) is 2.79. The van der Waals surface area contributed by atoms with E-state index < -0.39 is 11.2 Å². The number of amides is 1. The molecule has 110 valence electrons. The maximum absolute atomic E-state index is 11.5. The van der Waals surface area contributed by atoms with Gasteiger partial charge in [-0.2, -0.15) is 5.10 Å². The van der Waals surface area contributed by atoms with Crippen molar-refractivity contribution >= 4 is 35.0 Å². The van der Waals surface area contributed by atoms with Gasteiger partial charge in [0, 0.05) is 0 Å². The molecule has 0 aliphatic carbocycles. The van der Waals surface area contributed by atoms with Crippen molar-refractivity contribution in [3.05, 3.63) is 35.4 Å². The Hall–Kier alpha value is -2.15. The lowest BCUT2D eigenvalue weighted by atomic mass is 10.1. The summed E-state index contributed by atoms with van der Waals surface area (Å²) in [6.45, 7) is 2.09. The summed E-state index contributed by atoms with van der Waals surface area (Å²) in [5.74, 6) is -1.35. The predicted molar refractivity (Wildman–Crippen MR) is 82.6 cm³/mol. The molecule has 2 N–H and O–H groups in total. The first-order chi connectivity index (χ1) is 10.1. The van der Waals surface area contributed by atoms with Crippen LogP contribution >= 0.6 is 11.8 Å². The van der Waals surface area contributed by atoms with Gasteiger partial charge in [-0.1, -0.05) is 43.0 Å². The van der Waals surface area contributed by atoms with Crippen molar-refractivity contribution in [3.8, 4) is 0 Å². The molecule has 0 unspecified atom stereocenters. The summed E-state index contributed by atoms with van der Waals surface area (Å²) in [5.41, 5.74) is 2.15. The molecular formula is C14H15N3O3S. The number of amidine groups is 1. The Labute approximate surface area is 126 Å². The Kier molecular flexibility index (Phi) is 5.10. The highest BCUT2D eigenvalue weighted by molar-refractivity contribution is 8.15. The number of hydrogen-bond acceptors (Lipinski definition) is 5. The van der Waals surface area contributed by atoms with Crippen molar-refractivity contribution in [2.75, 3.05) is 0 Å². The average molecular weight is 305 g/mol. The Morgan fingerprint density at radius 1 is 1.43 bits per heavy atom. The fourth-order valence-electron chi connectivity index (χ4n) is 1.73. The number of aliphatic carboxylic acids is 1. The Bertz CT molecular complexity index is 596. The summed E-state index contributed by atoms with van der Waals surface area (Å²) in [4.78, 5) is 22.1. The molecule has 1 amide bonds. The SMILES string of the molecule is CCc1ccc(/C=N\N=C2/NC(=O)[C@H](CC(=O)O)S2)cc1. The summed E-state index contributed by atoms with van der Waals surface area (Å²) in [6.07, 6.45) is 2.34. The van der Waals surface area contributed by atoms with Crippen LogP contribution in [-0.4, -0.2) is 33.6 Å². The number of carboxylic acid groups (broad SMARTS) is 1. The minimum Gasteiger partial charge on any atom is -0.481 e. The molecule has 6 nitrogen and oxygen atoms in total. The zero-order chi connectivity index (χ0) is 15.2. The molecule has 1 fully saturated rings. The second-order valence-electron chi connectivity index (χ2n) is 4.44. The van der Waals surface area contributed by atoms with Gasteiger partial charge in [0.1, 0.15) is 5.25 Å². The first-order valence-electron chi connectivity index (χ1n) is 6.47. The fourth-order valence-corrected chi connectivity index (χ4v) is 2.65. The monoisotopic (exact) mass is 305 g/mol. The molecule has 1 heterocycles. The third-order valence-electron chi connectivity index (χ3n) is 2.88. The molecule has 2 rings (SSSR count). The smallest absolute Gasteiger partial charge is 0.305 e. The zero-order valence-corrected chi connectivity index (χ0v) is 12.3. The molecule has 0 spiro atoms. The molecule has 1 aliphatic rings. The van der Waals surface area contributed by atoms with Crippen LogP contribution in [-0.2, 0) is 16.0 Å². The van der Waals surface area contributed by atoms with Gasteiger partial charge < -0.3 is 10.4 Å². The molecule has 0 saturated carbocycles. The topological polar surface area (TPSA) is 91.1 Å². The quantitative estimate of drug-likeness (QED) is 0.639. The van der Waals surface area contributed by atoms with Crippen molar-refractivity contribution in [1.82, 2.24) is 5.32 Å². The Morgan fingerprint density at radius 2 is 2.14 bits per heavy atom. The largest absolute Gasteiger partial charge is 0.481 e. The van der Waals surface area contributed by atoms with Gasteiger partial charge in [-0.3, -0.25) is 9.59 Å². The number of benzene rings is 1. The first kappa shape index (κ1) is 15.2. The second kappa shape index (κ2) is 7.03. The third kappa shape index (κ3) is 4.42. The molecule has 1 saturated heterocycles. The lowest BCUT2D eigenvalue weighted by Gasteiger charge is -1.97. The van der Waals surface area contributed by atoms with Crippen LogP contribution in [0.1, 0.15) is 24.5 Å². The van der Waals surface area contributed by atoms with Gasteiger partial charge >= 0.3 is 5.97 Å². The normalized spacial score (nSPS) is 20.1. The lowest BCUT2D eigenvalue weighted by Crippen LogP contribution is -2.26. The van der Waals surface area contributed by atoms with Gasteiger partial charge in [-0.05, 0) is 17.5 Å². The molecule has 1 aromatic rings. The van der Waals surface area contributed by atoms with E-state index in [0.29, 0.717) is 5.17 Å². The number of thioether (sulfide) groups is 1. The summed E-state index contributed by atoms with van der Waals surface area (Å²) < 4.78 is 0. The third-order valence-corrected chi connectivity index (χ3v) is 3.95. The summed E-state index contributed by atoms with van der Waals surface area (Å²) in [7, 11) is 0. The van der Waals surface area contributed by atoms with Crippen LogP contribution in [0.5, 0.6) is 0 Å². The lowest BCUT2D eigenvalue weighted by molar-refractivity contribution is -0.138. The Morgan fingerprint density at radius 3 is 2.76 bits per heavy atom. The number of rotatable bonds is 5. The van der Waals surface area contributed by atoms with Crippen LogP contribution in [0.4, 0.5) is 0 Å². The predicted octanol–water partition coefficient (Wildman–Crippen LogP) is 1.65. The van der Waals surface area contributed by atoms with Crippen LogP contribution in [0.3, 0.4) is 0 Å². The summed E-state index contributed by atoms with van der Waals surface area (Å²) >= 11 is 1.08. The van der Waals surface area contributed by atoms with E-state index in [0.717, 1.165) is 23.7 Å². The molecule has 21 heavy (non-hydrogen) atoms. The van der Waals surface area contributed by atoms with Crippen LogP contribution < -0.4 is 5.32 Å². The van der Waals surface area contributed by atoms with Crippen molar-refractivity contribution < 1.29 is 14.7 Å². The molecule has 0 aromatic heterocycles. The molecular weight excluding hydrogens is 290 g/mol. The van der Waals surface area contributed by atoms with E-state index in [1.54, 1.807) is 6.21 Å². The van der Waals surface area contributed by atoms with Crippen molar-refractivity contribution in [3.63, 3.8) is 0 Å². The van der Waals surface area contributed by atoms with Crippen LogP contribution in [0.2, 0.25) is 0 Å². The minimum atomic E-state index is -1.01. The number of carbonyl (C=O) groups excluding carboxylic acids is 1. The highest BCUT2D eigenvalue weighted by Gasteiger charge is 2.32. The van der Waals surface area contributed by atoms with E-state index in [-0.39, 0.29) is 12.3 Å². The number of nitrogens with zero attached hydrogens (tertiary/aromatic N) is 2. The van der Waals surface area contributed by atoms with Gasteiger partial charge in [-0.25, -0.2) is 0 Å². The second-order valence-corrected chi connectivity index (χ2v) is 5.63. The van der Waals surface area contributed by atoms with Gasteiger partial charge in [0.2, 0.25) is 5.91 Å². The number of hydrogen-bond donors (Lipinski definition) is 2. The maximum Gasteiger partial charge on any atom is 0.305 e. The molecule has 0 radical (unpaired) electrons. The standard InChI is InChI=1S/C14H15N3O3S/c1-2-9-3-5-10(6-4-9)8-15-17-14-16-13(20)11(21-14)7-12(18)19/h3-6,8,11H,2,7H2,1H3,(H,18,19)(H,16,17,20)/b15-8-/t11-/m0/s1. The number of aryl methyl sites for hydroxylation is 1. The molecule has 7 heteroatoms. The molecule has 1 atom stereocenters. The van der Waals surface area contributed by atoms with Gasteiger partial charge in [0.25, 0.3) is 0 Å². The van der Waals surface area contributed by atoms with E-state index in [1.165, 1.54) is 5.56 Å². The van der Waals surface area contributed by atoms with Crippen LogP contribution in [0.15, 0.2) is 34.5 Å². The minimum absolute atomic E-state index is 0.224. The van der Waals surface area contributed by atoms with Crippen LogP contribution in [0, 0.1) is 0 Å². The van der Waals surface area contributed by atoms with E-state index >= 15 is 0 Å². The highest BCUT2D eigenvalue weighted by Crippen LogP contribution is 2.22. The number of nitrogens with one attached hydrogen (secondary N) is 1. The van der Waals surface area contributed by atoms with Gasteiger partial charge in [0.15, 0.2) is 5.17 Å². The van der Waals surface area contributed by atoms with Crippen molar-refractivity contribution in [2.45, 2.75) is 25.0 Å². The van der Waals surface area contributed by atoms with Gasteiger partial charge in [-0.15, -0.1) is 5.10 Å². The summed E-state index contributed by atoms with van der Waals surface area (Å²) in [6, 6.07) is 7.92. The van der Waals surface area contributed by atoms with E-state index in [1.807, 2.05) is 24.3 Å². The fraction of sp³-hybridized carbons (Fsp3) is 0.286. The molecule has 1 aromatic carbocycles. The summed E-state index contributed by atoms with van der Waals surface area (Å²) in [5, 5.41) is 18.7. The maximum atomic E-state index is 11.5. The van der Waals surface area contributed by atoms with Gasteiger partial charge in [0.05, 0.1) is 12.6 Å². The van der Waals surface area contributed by atoms with E-state index in [2.05, 4.69) is 22.4 Å². The van der Waals surface area contributed by atoms with Crippen molar-refractivity contribution in [1.29, 1.82) is 0 Å². The van der Waals surface area contributed by atoms with Crippen LogP contribution in [0.25, 0.3) is 0 Å². The van der Waals surface area contributed by atoms with E-state index in [9.17, 15) is 9.59 Å². The van der Waals surface area contributed by atoms with E-state index in [4.69, 9.17) is 5.11 Å². The molecule has 0 bridgehead atoms. The number of carboxylic acids is 1. The molecule has 1 aliphatic heterocycles. The first-order valence-corrected chi connectivity index (χ1v) is 7.35. The Balaban J connectivity index is 1.96. The van der Waals surface area contributed by atoms with Crippen molar-refractivity contribution in [2.24, 2.45) is 10.2 Å².